The smallest absolute Gasteiger partial charge is 0.233 e. The van der Waals surface area contributed by atoms with Crippen LogP contribution in [0.4, 0.5) is 5.69 Å². The molecule has 1 fully saturated rings. The topological polar surface area (TPSA) is 105 Å². The monoisotopic (exact) mass is 269 g/mol. The van der Waals surface area contributed by atoms with E-state index in [9.17, 15) is 8.42 Å². The first-order valence-electron chi connectivity index (χ1n) is 5.59. The van der Waals surface area contributed by atoms with Crippen molar-refractivity contribution in [1.82, 2.24) is 0 Å². The normalized spacial score (nSPS) is 16.6. The molecule has 1 aromatic rings. The fraction of sp³-hybridized carbons (Fsp3) is 0.364. The van der Waals surface area contributed by atoms with Gasteiger partial charge in [0.2, 0.25) is 10.0 Å². The molecule has 2 rings (SSSR count). The van der Waals surface area contributed by atoms with E-state index in [-0.39, 0.29) is 17.5 Å². The quantitative estimate of drug-likeness (QED) is 0.320. The Balaban J connectivity index is 2.23. The number of amidine groups is 1. The molecule has 4 N–H and O–H groups in total. The van der Waals surface area contributed by atoms with E-state index < -0.39 is 10.0 Å². The largest absolute Gasteiger partial charge is 0.409 e. The van der Waals surface area contributed by atoms with Crippen molar-refractivity contribution in [2.24, 2.45) is 16.8 Å². The highest BCUT2D eigenvalue weighted by atomic mass is 32.2. The maximum absolute atomic E-state index is 11.9. The third-order valence-electron chi connectivity index (χ3n) is 2.73. The molecule has 0 atom stereocenters. The van der Waals surface area contributed by atoms with Crippen molar-refractivity contribution in [3.63, 3.8) is 0 Å². The molecule has 0 amide bonds. The number of sulfonamides is 1. The second-order valence-electron chi connectivity index (χ2n) is 4.36. The molecule has 1 aromatic carbocycles. The zero-order valence-electron chi connectivity index (χ0n) is 9.70. The molecule has 98 valence electrons. The van der Waals surface area contributed by atoms with Crippen LogP contribution in [0.3, 0.4) is 0 Å². The van der Waals surface area contributed by atoms with Gasteiger partial charge in [-0.2, -0.15) is 0 Å². The van der Waals surface area contributed by atoms with Gasteiger partial charge in [-0.3, -0.25) is 4.72 Å². The van der Waals surface area contributed by atoms with Gasteiger partial charge in [0.25, 0.3) is 0 Å². The van der Waals surface area contributed by atoms with E-state index in [4.69, 9.17) is 10.9 Å². The molecule has 0 aromatic heterocycles. The first-order valence-corrected chi connectivity index (χ1v) is 7.24. The van der Waals surface area contributed by atoms with Gasteiger partial charge in [0.05, 0.1) is 11.4 Å². The minimum atomic E-state index is -3.38. The van der Waals surface area contributed by atoms with Crippen LogP contribution < -0.4 is 10.5 Å². The highest BCUT2D eigenvalue weighted by Gasteiger charge is 2.28. The highest BCUT2D eigenvalue weighted by molar-refractivity contribution is 7.92. The van der Waals surface area contributed by atoms with Crippen LogP contribution in [-0.2, 0) is 10.0 Å². The summed E-state index contributed by atoms with van der Waals surface area (Å²) in [6.07, 6.45) is 1.92. The predicted molar refractivity (Wildman–Crippen MR) is 69.1 cm³/mol. The summed E-state index contributed by atoms with van der Waals surface area (Å²) in [5.74, 6) is 0.260. The molecular formula is C11H15N3O3S. The van der Waals surface area contributed by atoms with Crippen LogP contribution in [0, 0.1) is 5.92 Å². The lowest BCUT2D eigenvalue weighted by Gasteiger charge is -2.11. The molecule has 6 nitrogen and oxygen atoms in total. The molecule has 0 heterocycles. The van der Waals surface area contributed by atoms with E-state index >= 15 is 0 Å². The van der Waals surface area contributed by atoms with E-state index in [0.717, 1.165) is 12.8 Å². The van der Waals surface area contributed by atoms with Crippen molar-refractivity contribution in [1.29, 1.82) is 0 Å². The van der Waals surface area contributed by atoms with Crippen LogP contribution in [0.25, 0.3) is 0 Å². The van der Waals surface area contributed by atoms with E-state index in [1.807, 2.05) is 0 Å². The zero-order valence-corrected chi connectivity index (χ0v) is 10.5. The Morgan fingerprint density at radius 1 is 1.44 bits per heavy atom. The molecule has 1 aliphatic carbocycles. The van der Waals surface area contributed by atoms with Gasteiger partial charge in [-0.15, -0.1) is 0 Å². The summed E-state index contributed by atoms with van der Waals surface area (Å²) in [6, 6.07) is 6.54. The highest BCUT2D eigenvalue weighted by Crippen LogP contribution is 2.31. The molecule has 0 unspecified atom stereocenters. The number of hydrogen-bond donors (Lipinski definition) is 3. The number of nitrogens with one attached hydrogen (secondary N) is 1. The number of para-hydroxylation sites is 1. The molecule has 1 saturated carbocycles. The van der Waals surface area contributed by atoms with Gasteiger partial charge in [-0.1, -0.05) is 17.3 Å². The van der Waals surface area contributed by atoms with Gasteiger partial charge in [-0.25, -0.2) is 8.42 Å². The van der Waals surface area contributed by atoms with Crippen LogP contribution in [0.2, 0.25) is 0 Å². The molecule has 0 bridgehead atoms. The van der Waals surface area contributed by atoms with Gasteiger partial charge in [-0.05, 0) is 30.9 Å². The molecule has 0 radical (unpaired) electrons. The number of oxime groups is 1. The number of benzene rings is 1. The number of nitrogens with two attached hydrogens (primary N) is 1. The average Bonchev–Trinajstić information content (AvgIpc) is 3.11. The lowest BCUT2D eigenvalue weighted by Crippen LogP contribution is -2.21. The maximum atomic E-state index is 11.9. The fourth-order valence-corrected chi connectivity index (χ4v) is 3.20. The Labute approximate surface area is 106 Å². The summed E-state index contributed by atoms with van der Waals surface area (Å²) in [6.45, 7) is 0. The third-order valence-corrected chi connectivity index (χ3v) is 4.17. The van der Waals surface area contributed by atoms with Crippen molar-refractivity contribution in [3.05, 3.63) is 29.8 Å². The lowest BCUT2D eigenvalue weighted by molar-refractivity contribution is 0.318. The molecule has 0 aliphatic heterocycles. The predicted octanol–water partition coefficient (Wildman–Crippen LogP) is 0.933. The molecule has 7 heteroatoms. The van der Waals surface area contributed by atoms with Crippen LogP contribution in [0.1, 0.15) is 18.4 Å². The SMILES string of the molecule is NC(=NO)c1ccccc1NS(=O)(=O)CC1CC1. The lowest BCUT2D eigenvalue weighted by atomic mass is 10.2. The Hall–Kier alpha value is -1.76. The summed E-state index contributed by atoms with van der Waals surface area (Å²) in [5.41, 5.74) is 6.18. The van der Waals surface area contributed by atoms with Gasteiger partial charge < -0.3 is 10.9 Å². The van der Waals surface area contributed by atoms with Gasteiger partial charge in [0, 0.05) is 5.56 Å². The maximum Gasteiger partial charge on any atom is 0.233 e. The molecule has 18 heavy (non-hydrogen) atoms. The molecular weight excluding hydrogens is 254 g/mol. The van der Waals surface area contributed by atoms with Crippen LogP contribution in [0.15, 0.2) is 29.4 Å². The summed E-state index contributed by atoms with van der Waals surface area (Å²) in [7, 11) is -3.38. The molecule has 0 spiro atoms. The Morgan fingerprint density at radius 2 is 2.11 bits per heavy atom. The van der Waals surface area contributed by atoms with Crippen molar-refractivity contribution in [2.45, 2.75) is 12.8 Å². The first-order chi connectivity index (χ1) is 8.52. The Kier molecular flexibility index (Phi) is 3.42. The summed E-state index contributed by atoms with van der Waals surface area (Å²) in [4.78, 5) is 0. The van der Waals surface area contributed by atoms with Gasteiger partial charge >= 0.3 is 0 Å². The average molecular weight is 269 g/mol. The molecule has 1 aliphatic rings. The van der Waals surface area contributed by atoms with Crippen molar-refractivity contribution < 1.29 is 13.6 Å². The van der Waals surface area contributed by atoms with E-state index in [1.165, 1.54) is 0 Å². The second-order valence-corrected chi connectivity index (χ2v) is 6.12. The van der Waals surface area contributed by atoms with Gasteiger partial charge in [0.1, 0.15) is 0 Å². The third kappa shape index (κ3) is 3.13. The number of anilines is 1. The first kappa shape index (κ1) is 12.7. The van der Waals surface area contributed by atoms with E-state index in [2.05, 4.69) is 9.88 Å². The summed E-state index contributed by atoms with van der Waals surface area (Å²) in [5, 5.41) is 11.5. The van der Waals surface area contributed by atoms with Crippen LogP contribution in [0.5, 0.6) is 0 Å². The summed E-state index contributed by atoms with van der Waals surface area (Å²) < 4.78 is 26.2. The van der Waals surface area contributed by atoms with Crippen molar-refractivity contribution in [2.75, 3.05) is 10.5 Å². The number of hydrogen-bond acceptors (Lipinski definition) is 4. The minimum absolute atomic E-state index is 0.123. The number of rotatable bonds is 5. The standard InChI is InChI=1S/C11H15N3O3S/c12-11(13-15)9-3-1-2-4-10(9)14-18(16,17)7-8-5-6-8/h1-4,8,14-15H,5-7H2,(H2,12,13). The number of nitrogens with zero attached hydrogens (tertiary/aromatic N) is 1. The molecule has 0 saturated heterocycles. The van der Waals surface area contributed by atoms with E-state index in [0.29, 0.717) is 11.3 Å². The zero-order chi connectivity index (χ0) is 13.2. The van der Waals surface area contributed by atoms with Gasteiger partial charge in [0.15, 0.2) is 5.84 Å². The van der Waals surface area contributed by atoms with E-state index in [1.54, 1.807) is 24.3 Å². The minimum Gasteiger partial charge on any atom is -0.409 e. The van der Waals surface area contributed by atoms with Crippen molar-refractivity contribution >= 4 is 21.5 Å². The summed E-state index contributed by atoms with van der Waals surface area (Å²) >= 11 is 0. The Bertz CT molecular complexity index is 565. The fourth-order valence-electron chi connectivity index (χ4n) is 1.65. The van der Waals surface area contributed by atoms with Crippen LogP contribution >= 0.6 is 0 Å². The van der Waals surface area contributed by atoms with Crippen molar-refractivity contribution in [3.8, 4) is 0 Å². The van der Waals surface area contributed by atoms with Crippen LogP contribution in [-0.4, -0.2) is 25.2 Å². The Morgan fingerprint density at radius 3 is 2.72 bits per heavy atom. The second kappa shape index (κ2) is 4.85.